The van der Waals surface area contributed by atoms with Crippen LogP contribution in [-0.2, 0) is 9.84 Å². The summed E-state index contributed by atoms with van der Waals surface area (Å²) in [5.74, 6) is -0.0627. The molecule has 6 nitrogen and oxygen atoms in total. The Labute approximate surface area is 107 Å². The van der Waals surface area contributed by atoms with Gasteiger partial charge in [0.2, 0.25) is 0 Å². The summed E-state index contributed by atoms with van der Waals surface area (Å²) in [6.07, 6.45) is 0.504. The first kappa shape index (κ1) is 12.6. The number of carbonyl (C=O) groups is 1. The Kier molecular flexibility index (Phi) is 3.55. The number of rotatable bonds is 3. The minimum atomic E-state index is -2.95. The molecule has 94 valence electrons. The second-order valence-electron chi connectivity index (χ2n) is 3.80. The zero-order chi connectivity index (χ0) is 12.5. The van der Waals surface area contributed by atoms with Crippen molar-refractivity contribution >= 4 is 31.7 Å². The highest BCUT2D eigenvalue weighted by molar-refractivity contribution is 9.10. The van der Waals surface area contributed by atoms with Gasteiger partial charge >= 0.3 is 5.91 Å². The molecule has 1 saturated heterocycles. The predicted octanol–water partition coefficient (Wildman–Crippen LogP) is 0.464. The Bertz CT molecular complexity index is 525. The maximum absolute atomic E-state index is 11.5. The maximum Gasteiger partial charge on any atom is 0.301 e. The van der Waals surface area contributed by atoms with E-state index in [1.54, 1.807) is 6.07 Å². The van der Waals surface area contributed by atoms with Gasteiger partial charge in [-0.05, 0) is 34.5 Å². The lowest BCUT2D eigenvalue weighted by Crippen LogP contribution is -2.44. The SMILES string of the molecule is O=C(NN[C@H]1CCS(=O)(=O)C1)c1ccc(Br)o1. The van der Waals surface area contributed by atoms with Gasteiger partial charge in [0.15, 0.2) is 20.3 Å². The number of furan rings is 1. The van der Waals surface area contributed by atoms with Crippen molar-refractivity contribution in [2.75, 3.05) is 11.5 Å². The van der Waals surface area contributed by atoms with Crippen molar-refractivity contribution in [3.63, 3.8) is 0 Å². The molecule has 0 bridgehead atoms. The predicted molar refractivity (Wildman–Crippen MR) is 64.1 cm³/mol. The molecular weight excluding hydrogens is 312 g/mol. The lowest BCUT2D eigenvalue weighted by atomic mass is 10.3. The zero-order valence-corrected chi connectivity index (χ0v) is 11.2. The number of amides is 1. The Morgan fingerprint density at radius 3 is 2.76 bits per heavy atom. The smallest absolute Gasteiger partial charge is 0.301 e. The van der Waals surface area contributed by atoms with Crippen LogP contribution in [0.25, 0.3) is 0 Å². The van der Waals surface area contributed by atoms with Crippen molar-refractivity contribution in [3.8, 4) is 0 Å². The minimum Gasteiger partial charge on any atom is -0.444 e. The molecule has 8 heteroatoms. The van der Waals surface area contributed by atoms with Gasteiger partial charge in [0.05, 0.1) is 11.5 Å². The van der Waals surface area contributed by atoms with Crippen LogP contribution in [0.5, 0.6) is 0 Å². The summed E-state index contributed by atoms with van der Waals surface area (Å²) in [5.41, 5.74) is 5.11. The fourth-order valence-corrected chi connectivity index (χ4v) is 3.55. The van der Waals surface area contributed by atoms with E-state index in [1.807, 2.05) is 0 Å². The fraction of sp³-hybridized carbons (Fsp3) is 0.444. The van der Waals surface area contributed by atoms with Gasteiger partial charge in [0, 0.05) is 6.04 Å². The van der Waals surface area contributed by atoms with E-state index >= 15 is 0 Å². The van der Waals surface area contributed by atoms with Gasteiger partial charge in [-0.15, -0.1) is 0 Å². The summed E-state index contributed by atoms with van der Waals surface area (Å²) in [7, 11) is -2.95. The van der Waals surface area contributed by atoms with Crippen molar-refractivity contribution in [1.29, 1.82) is 0 Å². The van der Waals surface area contributed by atoms with E-state index in [9.17, 15) is 13.2 Å². The molecule has 1 aromatic rings. The van der Waals surface area contributed by atoms with E-state index in [1.165, 1.54) is 6.07 Å². The number of hydrogen-bond acceptors (Lipinski definition) is 5. The molecule has 1 aromatic heterocycles. The van der Waals surface area contributed by atoms with Gasteiger partial charge in [-0.3, -0.25) is 10.2 Å². The van der Waals surface area contributed by atoms with E-state index < -0.39 is 15.7 Å². The van der Waals surface area contributed by atoms with Crippen molar-refractivity contribution in [3.05, 3.63) is 22.6 Å². The normalized spacial score (nSPS) is 22.5. The number of hydrazine groups is 1. The van der Waals surface area contributed by atoms with Gasteiger partial charge in [-0.25, -0.2) is 13.8 Å². The summed E-state index contributed by atoms with van der Waals surface area (Å²) in [6, 6.07) is 2.89. The topological polar surface area (TPSA) is 88.4 Å². The summed E-state index contributed by atoms with van der Waals surface area (Å²) in [6.45, 7) is 0. The van der Waals surface area contributed by atoms with Crippen LogP contribution in [0.2, 0.25) is 0 Å². The molecule has 0 aromatic carbocycles. The lowest BCUT2D eigenvalue weighted by molar-refractivity contribution is 0.0897. The highest BCUT2D eigenvalue weighted by Gasteiger charge is 2.28. The van der Waals surface area contributed by atoms with E-state index in [0.717, 1.165) is 0 Å². The molecule has 0 radical (unpaired) electrons. The molecule has 1 amide bonds. The molecule has 17 heavy (non-hydrogen) atoms. The third-order valence-electron chi connectivity index (χ3n) is 2.42. The molecule has 0 spiro atoms. The summed E-state index contributed by atoms with van der Waals surface area (Å²) in [5, 5.41) is 0. The molecule has 1 aliphatic rings. The number of halogens is 1. The first-order valence-electron chi connectivity index (χ1n) is 4.98. The van der Waals surface area contributed by atoms with Crippen molar-refractivity contribution in [1.82, 2.24) is 10.9 Å². The van der Waals surface area contributed by atoms with Crippen LogP contribution in [0.4, 0.5) is 0 Å². The van der Waals surface area contributed by atoms with Gasteiger partial charge in [0.25, 0.3) is 0 Å². The fourth-order valence-electron chi connectivity index (χ4n) is 1.57. The number of carbonyl (C=O) groups excluding carboxylic acids is 1. The molecule has 2 N–H and O–H groups in total. The average Bonchev–Trinajstić information content (AvgIpc) is 2.81. The van der Waals surface area contributed by atoms with Crippen molar-refractivity contribution in [2.45, 2.75) is 12.5 Å². The Balaban J connectivity index is 1.85. The Hall–Kier alpha value is -0.860. The van der Waals surface area contributed by atoms with Crippen LogP contribution in [0.1, 0.15) is 17.0 Å². The van der Waals surface area contributed by atoms with Crippen LogP contribution < -0.4 is 10.9 Å². The molecule has 2 heterocycles. The third-order valence-corrected chi connectivity index (χ3v) is 4.61. The molecular formula is C9H11BrN2O4S. The monoisotopic (exact) mass is 322 g/mol. The van der Waals surface area contributed by atoms with E-state index in [-0.39, 0.29) is 23.3 Å². The van der Waals surface area contributed by atoms with Gasteiger partial charge in [-0.2, -0.15) is 0 Å². The first-order valence-corrected chi connectivity index (χ1v) is 7.59. The molecule has 0 saturated carbocycles. The first-order chi connectivity index (χ1) is 7.96. The molecule has 1 aliphatic heterocycles. The largest absolute Gasteiger partial charge is 0.444 e. The van der Waals surface area contributed by atoms with Gasteiger partial charge in [0.1, 0.15) is 0 Å². The van der Waals surface area contributed by atoms with Gasteiger partial charge in [-0.1, -0.05) is 0 Å². The number of nitrogens with one attached hydrogen (secondary N) is 2. The summed E-state index contributed by atoms with van der Waals surface area (Å²) >= 11 is 3.09. The number of hydrogen-bond donors (Lipinski definition) is 2. The lowest BCUT2D eigenvalue weighted by Gasteiger charge is -2.10. The second kappa shape index (κ2) is 4.79. The van der Waals surface area contributed by atoms with E-state index in [4.69, 9.17) is 4.42 Å². The molecule has 0 aliphatic carbocycles. The van der Waals surface area contributed by atoms with Crippen LogP contribution >= 0.6 is 15.9 Å². The zero-order valence-electron chi connectivity index (χ0n) is 8.77. The molecule has 1 atom stereocenters. The Morgan fingerprint density at radius 2 is 2.24 bits per heavy atom. The average molecular weight is 323 g/mol. The molecule has 1 fully saturated rings. The standard InChI is InChI=1S/C9H11BrN2O4S/c10-8-2-1-7(16-8)9(13)12-11-6-3-4-17(14,15)5-6/h1-2,6,11H,3-5H2,(H,12,13)/t6-/m0/s1. The second-order valence-corrected chi connectivity index (χ2v) is 6.81. The van der Waals surface area contributed by atoms with Crippen molar-refractivity contribution < 1.29 is 17.6 Å². The van der Waals surface area contributed by atoms with Crippen LogP contribution in [0.15, 0.2) is 21.2 Å². The molecule has 0 unspecified atom stereocenters. The highest BCUT2D eigenvalue weighted by Crippen LogP contribution is 2.14. The maximum atomic E-state index is 11.5. The van der Waals surface area contributed by atoms with Crippen molar-refractivity contribution in [2.24, 2.45) is 0 Å². The summed E-state index contributed by atoms with van der Waals surface area (Å²) < 4.78 is 27.9. The molecule has 2 rings (SSSR count). The van der Waals surface area contributed by atoms with Crippen LogP contribution in [-0.4, -0.2) is 31.9 Å². The number of sulfone groups is 1. The van der Waals surface area contributed by atoms with Crippen LogP contribution in [0.3, 0.4) is 0 Å². The summed E-state index contributed by atoms with van der Waals surface area (Å²) in [4.78, 5) is 11.5. The quantitative estimate of drug-likeness (QED) is 0.789. The van der Waals surface area contributed by atoms with Gasteiger partial charge < -0.3 is 4.42 Å². The van der Waals surface area contributed by atoms with E-state index in [0.29, 0.717) is 11.1 Å². The minimum absolute atomic E-state index is 0.0507. The van der Waals surface area contributed by atoms with Crippen LogP contribution in [0, 0.1) is 0 Å². The highest BCUT2D eigenvalue weighted by atomic mass is 79.9. The van der Waals surface area contributed by atoms with E-state index in [2.05, 4.69) is 26.8 Å². The Morgan fingerprint density at radius 1 is 1.47 bits per heavy atom. The third kappa shape index (κ3) is 3.30.